The lowest BCUT2D eigenvalue weighted by Gasteiger charge is -2.40. The number of sulfone groups is 1. The zero-order chi connectivity index (χ0) is 16.3. The van der Waals surface area contributed by atoms with Gasteiger partial charge in [0.15, 0.2) is 9.84 Å². The molecule has 0 bridgehead atoms. The molecule has 1 atom stereocenters. The molecule has 1 aromatic rings. The third kappa shape index (κ3) is 4.20. The Hall–Kier alpha value is -1.14. The van der Waals surface area contributed by atoms with Crippen LogP contribution >= 0.6 is 0 Å². The van der Waals surface area contributed by atoms with Crippen molar-refractivity contribution in [3.8, 4) is 0 Å². The van der Waals surface area contributed by atoms with E-state index in [0.29, 0.717) is 12.6 Å². The van der Waals surface area contributed by atoms with E-state index in [1.807, 2.05) is 25.1 Å². The standard InChI is InChI=1S/C16H27N3O2S/c1-13(2)22(20,21)11-10-18-8-9-19(12-15(18)4)16-7-5-6-14(3)17-16/h5-7,13,15H,8-12H2,1-4H3/t15-/m1/s1. The molecule has 0 N–H and O–H groups in total. The van der Waals surface area contributed by atoms with Crippen molar-refractivity contribution in [1.29, 1.82) is 0 Å². The van der Waals surface area contributed by atoms with Crippen LogP contribution in [0.2, 0.25) is 0 Å². The highest BCUT2D eigenvalue weighted by molar-refractivity contribution is 7.92. The average molecular weight is 325 g/mol. The van der Waals surface area contributed by atoms with Gasteiger partial charge >= 0.3 is 0 Å². The fraction of sp³-hybridized carbons (Fsp3) is 0.688. The third-order valence-electron chi connectivity index (χ3n) is 4.34. The van der Waals surface area contributed by atoms with Crippen molar-refractivity contribution in [1.82, 2.24) is 9.88 Å². The molecule has 0 amide bonds. The van der Waals surface area contributed by atoms with E-state index < -0.39 is 9.84 Å². The highest BCUT2D eigenvalue weighted by Crippen LogP contribution is 2.17. The second-order valence-electron chi connectivity index (χ2n) is 6.38. The van der Waals surface area contributed by atoms with Gasteiger partial charge in [-0.15, -0.1) is 0 Å². The minimum Gasteiger partial charge on any atom is -0.354 e. The molecule has 2 rings (SSSR count). The Morgan fingerprint density at radius 3 is 2.64 bits per heavy atom. The molecule has 0 unspecified atom stereocenters. The van der Waals surface area contributed by atoms with Crippen LogP contribution in [0.15, 0.2) is 18.2 Å². The van der Waals surface area contributed by atoms with Gasteiger partial charge in [-0.3, -0.25) is 4.90 Å². The lowest BCUT2D eigenvalue weighted by atomic mass is 10.2. The van der Waals surface area contributed by atoms with E-state index in [1.54, 1.807) is 13.8 Å². The van der Waals surface area contributed by atoms with Crippen LogP contribution in [-0.4, -0.2) is 61.5 Å². The number of anilines is 1. The fourth-order valence-corrected chi connectivity index (χ4v) is 3.68. The van der Waals surface area contributed by atoms with Gasteiger partial charge in [-0.1, -0.05) is 6.07 Å². The first-order chi connectivity index (χ1) is 10.3. The zero-order valence-electron chi connectivity index (χ0n) is 14.0. The van der Waals surface area contributed by atoms with Crippen molar-refractivity contribution < 1.29 is 8.42 Å². The van der Waals surface area contributed by atoms with Crippen LogP contribution in [0.1, 0.15) is 26.5 Å². The van der Waals surface area contributed by atoms with Gasteiger partial charge in [0.25, 0.3) is 0 Å². The Morgan fingerprint density at radius 1 is 1.32 bits per heavy atom. The summed E-state index contributed by atoms with van der Waals surface area (Å²) in [5.74, 6) is 1.26. The van der Waals surface area contributed by atoms with Gasteiger partial charge in [-0.2, -0.15) is 0 Å². The molecular formula is C16H27N3O2S. The predicted octanol–water partition coefficient (Wildman–Crippen LogP) is 1.72. The van der Waals surface area contributed by atoms with Crippen molar-refractivity contribution in [3.63, 3.8) is 0 Å². The number of aryl methyl sites for hydroxylation is 1. The van der Waals surface area contributed by atoms with Crippen LogP contribution in [0.4, 0.5) is 5.82 Å². The molecule has 1 saturated heterocycles. The number of hydrogen-bond donors (Lipinski definition) is 0. The Kier molecular flexibility index (Phi) is 5.45. The number of aromatic nitrogens is 1. The topological polar surface area (TPSA) is 53.5 Å². The SMILES string of the molecule is Cc1cccc(N2CCN(CCS(=O)(=O)C(C)C)[C@H](C)C2)n1. The van der Waals surface area contributed by atoms with E-state index >= 15 is 0 Å². The zero-order valence-corrected chi connectivity index (χ0v) is 14.8. The van der Waals surface area contributed by atoms with Crippen molar-refractivity contribution >= 4 is 15.7 Å². The second kappa shape index (κ2) is 6.96. The van der Waals surface area contributed by atoms with Crippen LogP contribution in [0.5, 0.6) is 0 Å². The Balaban J connectivity index is 1.93. The van der Waals surface area contributed by atoms with E-state index in [9.17, 15) is 8.42 Å². The summed E-state index contributed by atoms with van der Waals surface area (Å²) < 4.78 is 23.9. The van der Waals surface area contributed by atoms with Crippen LogP contribution in [0, 0.1) is 6.92 Å². The molecule has 1 fully saturated rings. The number of rotatable bonds is 5. The molecule has 0 spiro atoms. The van der Waals surface area contributed by atoms with E-state index in [0.717, 1.165) is 31.1 Å². The lowest BCUT2D eigenvalue weighted by Crippen LogP contribution is -2.53. The van der Waals surface area contributed by atoms with Gasteiger partial charge in [0.1, 0.15) is 5.82 Å². The predicted molar refractivity (Wildman–Crippen MR) is 91.1 cm³/mol. The molecule has 124 valence electrons. The molecule has 1 aliphatic heterocycles. The quantitative estimate of drug-likeness (QED) is 0.825. The summed E-state index contributed by atoms with van der Waals surface area (Å²) >= 11 is 0. The number of pyridine rings is 1. The molecule has 1 aliphatic rings. The summed E-state index contributed by atoms with van der Waals surface area (Å²) in [5, 5.41) is -0.291. The van der Waals surface area contributed by atoms with Crippen molar-refractivity contribution in [2.24, 2.45) is 0 Å². The number of hydrogen-bond acceptors (Lipinski definition) is 5. The molecule has 0 aliphatic carbocycles. The Morgan fingerprint density at radius 2 is 2.05 bits per heavy atom. The first-order valence-corrected chi connectivity index (χ1v) is 9.65. The smallest absolute Gasteiger partial charge is 0.153 e. The van der Waals surface area contributed by atoms with Gasteiger partial charge in [0.2, 0.25) is 0 Å². The van der Waals surface area contributed by atoms with Crippen LogP contribution in [-0.2, 0) is 9.84 Å². The van der Waals surface area contributed by atoms with Crippen molar-refractivity contribution in [3.05, 3.63) is 23.9 Å². The van der Waals surface area contributed by atoms with Crippen molar-refractivity contribution in [2.45, 2.75) is 39.0 Å². The van der Waals surface area contributed by atoms with E-state index in [-0.39, 0.29) is 11.0 Å². The Bertz CT molecular complexity index is 601. The monoisotopic (exact) mass is 325 g/mol. The van der Waals surface area contributed by atoms with Crippen LogP contribution < -0.4 is 4.90 Å². The second-order valence-corrected chi connectivity index (χ2v) is 9.06. The highest BCUT2D eigenvalue weighted by atomic mass is 32.2. The lowest BCUT2D eigenvalue weighted by molar-refractivity contribution is 0.200. The first kappa shape index (κ1) is 17.2. The summed E-state index contributed by atoms with van der Waals surface area (Å²) in [6.07, 6.45) is 0. The summed E-state index contributed by atoms with van der Waals surface area (Å²) in [6, 6.07) is 6.40. The molecule has 0 saturated carbocycles. The molecule has 0 aromatic carbocycles. The molecule has 2 heterocycles. The van der Waals surface area contributed by atoms with Gasteiger partial charge in [0.05, 0.1) is 11.0 Å². The van der Waals surface area contributed by atoms with E-state index in [2.05, 4.69) is 21.7 Å². The summed E-state index contributed by atoms with van der Waals surface area (Å²) in [6.45, 7) is 10.9. The first-order valence-electron chi connectivity index (χ1n) is 7.94. The normalized spacial score (nSPS) is 20.6. The van der Waals surface area contributed by atoms with Gasteiger partial charge < -0.3 is 4.90 Å². The number of piperazine rings is 1. The maximum atomic E-state index is 12.0. The van der Waals surface area contributed by atoms with E-state index in [4.69, 9.17) is 0 Å². The summed E-state index contributed by atoms with van der Waals surface area (Å²) in [5.41, 5.74) is 1.02. The maximum absolute atomic E-state index is 12.0. The number of nitrogens with zero attached hydrogens (tertiary/aromatic N) is 3. The van der Waals surface area contributed by atoms with Crippen LogP contribution in [0.3, 0.4) is 0 Å². The van der Waals surface area contributed by atoms with Gasteiger partial charge in [-0.05, 0) is 39.8 Å². The summed E-state index contributed by atoms with van der Waals surface area (Å²) in [7, 11) is -2.96. The molecule has 5 nitrogen and oxygen atoms in total. The minimum absolute atomic E-state index is 0.248. The average Bonchev–Trinajstić information content (AvgIpc) is 2.45. The molecule has 6 heteroatoms. The molecule has 0 radical (unpaired) electrons. The fourth-order valence-electron chi connectivity index (χ4n) is 2.72. The molecule has 1 aromatic heterocycles. The van der Waals surface area contributed by atoms with Gasteiger partial charge in [0, 0.05) is 37.9 Å². The highest BCUT2D eigenvalue weighted by Gasteiger charge is 2.26. The van der Waals surface area contributed by atoms with Crippen LogP contribution in [0.25, 0.3) is 0 Å². The van der Waals surface area contributed by atoms with Crippen molar-refractivity contribution in [2.75, 3.05) is 36.8 Å². The summed E-state index contributed by atoms with van der Waals surface area (Å²) in [4.78, 5) is 9.13. The molecular weight excluding hydrogens is 298 g/mol. The minimum atomic E-state index is -2.96. The van der Waals surface area contributed by atoms with E-state index in [1.165, 1.54) is 0 Å². The van der Waals surface area contributed by atoms with Gasteiger partial charge in [-0.25, -0.2) is 13.4 Å². The largest absolute Gasteiger partial charge is 0.354 e. The third-order valence-corrected chi connectivity index (χ3v) is 6.53. The Labute approximate surface area is 134 Å². The molecule has 22 heavy (non-hydrogen) atoms. The maximum Gasteiger partial charge on any atom is 0.153 e.